The molecule has 334 valence electrons. The van der Waals surface area contributed by atoms with Crippen LogP contribution in [0.5, 0.6) is 0 Å². The maximum absolute atomic E-state index is 12.6. The first-order valence-corrected chi connectivity index (χ1v) is 23.3. The Kier molecular flexibility index (Phi) is 20.4. The Hall–Kier alpha value is -3.40. The Bertz CT molecular complexity index is 1530. The molecule has 10 nitrogen and oxygen atoms in total. The Balaban J connectivity index is 0.000000410. The molecule has 2 amide bonds. The van der Waals surface area contributed by atoms with E-state index in [0.29, 0.717) is 34.7 Å². The molecule has 0 spiro atoms. The minimum Gasteiger partial charge on any atom is -0.446 e. The second-order valence-corrected chi connectivity index (χ2v) is 19.2. The van der Waals surface area contributed by atoms with Gasteiger partial charge in [0.05, 0.1) is 12.5 Å². The fraction of sp³-hybridized carbons (Fsp3) is 0.755. The van der Waals surface area contributed by atoms with E-state index in [2.05, 4.69) is 70.1 Å². The molecule has 8 atom stereocenters. The summed E-state index contributed by atoms with van der Waals surface area (Å²) in [4.78, 5) is 23.3. The molecule has 1 aromatic rings. The maximum Gasteiger partial charge on any atom is 0.407 e. The van der Waals surface area contributed by atoms with Gasteiger partial charge in [0.25, 0.3) is 0 Å². The van der Waals surface area contributed by atoms with Gasteiger partial charge in [-0.15, -0.1) is 10.2 Å². The molecule has 4 aliphatic rings. The molecule has 10 heteroatoms. The first-order valence-electron chi connectivity index (χ1n) is 23.3. The average Bonchev–Trinajstić information content (AvgIpc) is 3.52. The van der Waals surface area contributed by atoms with Crippen molar-refractivity contribution in [1.29, 1.82) is 0 Å². The third-order valence-electron chi connectivity index (χ3n) is 14.0. The summed E-state index contributed by atoms with van der Waals surface area (Å²) in [6.45, 7) is 23.5. The fourth-order valence-corrected chi connectivity index (χ4v) is 10.6. The number of fused-ring (bicyclic) bond motifs is 5. The number of alkyl carbamates (subject to hydrolysis) is 1. The Morgan fingerprint density at radius 1 is 0.864 bits per heavy atom. The zero-order valence-electron chi connectivity index (χ0n) is 38.8. The predicted octanol–water partition coefficient (Wildman–Crippen LogP) is 10.5. The number of rotatable bonds is 17. The first kappa shape index (κ1) is 50.0. The van der Waals surface area contributed by atoms with Gasteiger partial charge in [0.15, 0.2) is 5.84 Å². The van der Waals surface area contributed by atoms with E-state index >= 15 is 0 Å². The number of nitrogens with two attached hydrogens (primary N) is 3. The van der Waals surface area contributed by atoms with Crippen LogP contribution in [0.2, 0.25) is 0 Å². The molecule has 8 unspecified atom stereocenters. The minimum atomic E-state index is -0.372. The van der Waals surface area contributed by atoms with E-state index in [1.807, 2.05) is 13.8 Å². The molecule has 0 saturated heterocycles. The molecule has 5 rings (SSSR count). The molecule has 0 heterocycles. The summed E-state index contributed by atoms with van der Waals surface area (Å²) in [6, 6.07) is 7.03. The predicted molar refractivity (Wildman–Crippen MR) is 245 cm³/mol. The van der Waals surface area contributed by atoms with Crippen molar-refractivity contribution in [3.63, 3.8) is 0 Å². The van der Waals surface area contributed by atoms with Crippen molar-refractivity contribution in [2.75, 3.05) is 13.2 Å². The fourth-order valence-electron chi connectivity index (χ4n) is 10.6. The zero-order chi connectivity index (χ0) is 43.8. The van der Waals surface area contributed by atoms with Crippen LogP contribution in [0.15, 0.2) is 46.1 Å². The molecule has 0 radical (unpaired) electrons. The molecule has 1 aromatic carbocycles. The molecule has 3 fully saturated rings. The number of allylic oxidation sites excluding steroid dienone is 1. The first-order chi connectivity index (χ1) is 28.0. The highest BCUT2D eigenvalue weighted by Crippen LogP contribution is 2.66. The molecular weight excluding hydrogens is 737 g/mol. The van der Waals surface area contributed by atoms with Crippen molar-refractivity contribution in [2.45, 2.75) is 178 Å². The van der Waals surface area contributed by atoms with Crippen LogP contribution < -0.4 is 22.5 Å². The number of nitrogens with zero attached hydrogens (tertiary/aromatic N) is 2. The normalized spacial score (nSPS) is 28.1. The summed E-state index contributed by atoms with van der Waals surface area (Å²) in [7, 11) is 0. The minimum absolute atomic E-state index is 0.0196. The number of hydrogen-bond acceptors (Lipinski definition) is 6. The van der Waals surface area contributed by atoms with Gasteiger partial charge in [-0.2, -0.15) is 0 Å². The molecule has 59 heavy (non-hydrogen) atoms. The number of amides is 2. The van der Waals surface area contributed by atoms with Crippen LogP contribution in [0.4, 0.5) is 4.79 Å². The highest BCUT2D eigenvalue weighted by Gasteiger charge is 2.58. The zero-order valence-corrected chi connectivity index (χ0v) is 38.8. The second kappa shape index (κ2) is 24.1. The maximum atomic E-state index is 12.6. The van der Waals surface area contributed by atoms with Crippen LogP contribution in [0.25, 0.3) is 0 Å². The van der Waals surface area contributed by atoms with Crippen LogP contribution >= 0.6 is 0 Å². The van der Waals surface area contributed by atoms with Gasteiger partial charge in [-0.25, -0.2) is 4.79 Å². The number of amidine groups is 2. The van der Waals surface area contributed by atoms with E-state index in [1.54, 1.807) is 36.8 Å². The lowest BCUT2D eigenvalue weighted by Crippen LogP contribution is -2.50. The molecule has 7 N–H and O–H groups in total. The summed E-state index contributed by atoms with van der Waals surface area (Å²) < 4.78 is 11.8. The van der Waals surface area contributed by atoms with E-state index in [4.69, 9.17) is 26.7 Å². The van der Waals surface area contributed by atoms with Crippen molar-refractivity contribution in [1.82, 2.24) is 5.32 Å². The number of primary amides is 1. The van der Waals surface area contributed by atoms with Gasteiger partial charge >= 0.3 is 6.09 Å². The number of benzene rings is 1. The number of unbranched alkanes of at least 4 members (excludes halogenated alkanes) is 1. The highest BCUT2D eigenvalue weighted by atomic mass is 16.6. The number of carbonyl (C=O) groups excluding carboxylic acids is 2. The van der Waals surface area contributed by atoms with E-state index in [0.717, 1.165) is 67.4 Å². The summed E-state index contributed by atoms with van der Waals surface area (Å²) in [5, 5.41) is 10.4. The largest absolute Gasteiger partial charge is 0.446 e. The van der Waals surface area contributed by atoms with Crippen LogP contribution in [0.3, 0.4) is 0 Å². The molecule has 3 saturated carbocycles. The van der Waals surface area contributed by atoms with Crippen molar-refractivity contribution >= 4 is 23.7 Å². The summed E-state index contributed by atoms with van der Waals surface area (Å²) >= 11 is 0. The van der Waals surface area contributed by atoms with Crippen LogP contribution in [0.1, 0.15) is 170 Å². The summed E-state index contributed by atoms with van der Waals surface area (Å²) in [6.07, 6.45) is 20.4. The van der Waals surface area contributed by atoms with Gasteiger partial charge in [0, 0.05) is 25.1 Å². The van der Waals surface area contributed by atoms with E-state index in [1.165, 1.54) is 64.2 Å². The van der Waals surface area contributed by atoms with Gasteiger partial charge in [0.2, 0.25) is 5.91 Å². The standard InChI is InChI=1S/C36H63NO3.C11H15N5O.C2H6/c1-25(2)10-8-9-11-28-13-15-32-31-14-12-29-24-30(16-20-36(29,7)33(31)17-21-35(28,32)6)40-34(38)37-22-18-27(5)39-23-19-26(3)4;1-7(12)15-16-11(14)9-4-2-8(3-5-9)6-10(13)17;1-2/h12,25-28,30-33H,8-11,13-24H2,1-7H3,(H,37,38);2-5H,6H2,1H3,(H2,12,15)(H2,13,17)(H2,14,16);1-2H3. The SMILES string of the molecule is C/C(N)=N/N=C(\N)c1ccc(CC(N)=O)cc1.CC.CC(C)CCCCC1CCC2C3CC=C4CC(OC(=O)NCCC(C)OCCC(C)C)CCC4(C)C3CCC12C. The molecule has 0 bridgehead atoms. The average molecular weight is 821 g/mol. The van der Waals surface area contributed by atoms with Gasteiger partial charge in [0.1, 0.15) is 11.9 Å². The number of carbonyl (C=O) groups is 2. The molecule has 0 aliphatic heterocycles. The third-order valence-corrected chi connectivity index (χ3v) is 14.0. The summed E-state index contributed by atoms with van der Waals surface area (Å²) in [5.74, 6) is 5.26. The summed E-state index contributed by atoms with van der Waals surface area (Å²) in [5.41, 5.74) is 20.1. The lowest BCUT2D eigenvalue weighted by molar-refractivity contribution is -0.117. The van der Waals surface area contributed by atoms with Crippen LogP contribution in [0, 0.1) is 46.3 Å². The number of hydrogen-bond donors (Lipinski definition) is 4. The lowest BCUT2D eigenvalue weighted by atomic mass is 9.47. The van der Waals surface area contributed by atoms with E-state index < -0.39 is 0 Å². The van der Waals surface area contributed by atoms with Crippen molar-refractivity contribution in [3.8, 4) is 0 Å². The van der Waals surface area contributed by atoms with Gasteiger partial charge < -0.3 is 32.0 Å². The van der Waals surface area contributed by atoms with Crippen molar-refractivity contribution < 1.29 is 19.1 Å². The number of ether oxygens (including phenoxy) is 2. The third kappa shape index (κ3) is 14.9. The molecule has 4 aliphatic carbocycles. The Labute approximate surface area is 358 Å². The van der Waals surface area contributed by atoms with Gasteiger partial charge in [-0.05, 0) is 130 Å². The Morgan fingerprint density at radius 2 is 1.56 bits per heavy atom. The monoisotopic (exact) mass is 821 g/mol. The molecule has 0 aromatic heterocycles. The quantitative estimate of drug-likeness (QED) is 0.0401. The van der Waals surface area contributed by atoms with Gasteiger partial charge in [-0.3, -0.25) is 4.79 Å². The smallest absolute Gasteiger partial charge is 0.407 e. The van der Waals surface area contributed by atoms with Crippen molar-refractivity contribution in [2.24, 2.45) is 73.7 Å². The highest BCUT2D eigenvalue weighted by molar-refractivity contribution is 5.97. The van der Waals surface area contributed by atoms with E-state index in [-0.39, 0.29) is 36.5 Å². The van der Waals surface area contributed by atoms with Crippen molar-refractivity contribution in [3.05, 3.63) is 47.0 Å². The second-order valence-electron chi connectivity index (χ2n) is 19.2. The Morgan fingerprint density at radius 3 is 2.20 bits per heavy atom. The lowest BCUT2D eigenvalue weighted by Gasteiger charge is -2.58. The topological polar surface area (TPSA) is 167 Å². The van der Waals surface area contributed by atoms with E-state index in [9.17, 15) is 9.59 Å². The van der Waals surface area contributed by atoms with Gasteiger partial charge in [-0.1, -0.05) is 111 Å². The van der Waals surface area contributed by atoms with Crippen LogP contribution in [-0.4, -0.2) is 49.0 Å². The molecular formula is C49H84N6O4. The number of nitrogens with one attached hydrogen (secondary N) is 1. The van der Waals surface area contributed by atoms with Crippen LogP contribution in [-0.2, 0) is 20.7 Å².